The fourth-order valence-corrected chi connectivity index (χ4v) is 3.08. The van der Waals surface area contributed by atoms with Gasteiger partial charge in [0.15, 0.2) is 5.82 Å². The second-order valence-corrected chi connectivity index (χ2v) is 5.18. The van der Waals surface area contributed by atoms with Crippen molar-refractivity contribution in [2.45, 2.75) is 18.9 Å². The van der Waals surface area contributed by atoms with E-state index in [2.05, 4.69) is 14.8 Å². The zero-order valence-electron chi connectivity index (χ0n) is 10.7. The molecule has 0 amide bonds. The van der Waals surface area contributed by atoms with E-state index in [1.165, 1.54) is 31.6 Å². The predicted molar refractivity (Wildman–Crippen MR) is 72.4 cm³/mol. The number of piperazine rings is 1. The average Bonchev–Trinajstić information content (AvgIpc) is 2.85. The number of carbonyl (C=O) groups is 1. The maximum Gasteiger partial charge on any atom is 0.337 e. The predicted octanol–water partition coefficient (Wildman–Crippen LogP) is 0.646. The molecule has 2 aliphatic rings. The molecule has 3 N–H and O–H groups in total. The number of aromatic nitrogens is 1. The van der Waals surface area contributed by atoms with Gasteiger partial charge in [0.2, 0.25) is 0 Å². The van der Waals surface area contributed by atoms with Gasteiger partial charge in [-0.2, -0.15) is 0 Å². The van der Waals surface area contributed by atoms with Crippen LogP contribution in [0, 0.1) is 0 Å². The maximum absolute atomic E-state index is 11.1. The molecule has 0 radical (unpaired) electrons. The van der Waals surface area contributed by atoms with Crippen LogP contribution in [0.1, 0.15) is 23.2 Å². The van der Waals surface area contributed by atoms with Gasteiger partial charge >= 0.3 is 5.97 Å². The number of aromatic carboxylic acids is 1. The Morgan fingerprint density at radius 3 is 3.05 bits per heavy atom. The first-order valence-electron chi connectivity index (χ1n) is 6.63. The van der Waals surface area contributed by atoms with E-state index >= 15 is 0 Å². The first-order valence-corrected chi connectivity index (χ1v) is 6.63. The second-order valence-electron chi connectivity index (χ2n) is 5.18. The molecule has 0 aliphatic carbocycles. The number of rotatable bonds is 2. The minimum Gasteiger partial charge on any atom is -0.478 e. The Labute approximate surface area is 111 Å². The lowest BCUT2D eigenvalue weighted by molar-refractivity contribution is 0.0698. The van der Waals surface area contributed by atoms with E-state index in [0.717, 1.165) is 19.6 Å². The molecule has 6 heteroatoms. The van der Waals surface area contributed by atoms with Crippen molar-refractivity contribution in [3.63, 3.8) is 0 Å². The van der Waals surface area contributed by atoms with Crippen LogP contribution < -0.4 is 10.6 Å². The number of hydrogen-bond donors (Lipinski definition) is 2. The van der Waals surface area contributed by atoms with E-state index in [-0.39, 0.29) is 11.3 Å². The van der Waals surface area contributed by atoms with Gasteiger partial charge in [-0.15, -0.1) is 0 Å². The summed E-state index contributed by atoms with van der Waals surface area (Å²) in [6, 6.07) is 2.01. The lowest BCUT2D eigenvalue weighted by Gasteiger charge is -2.38. The lowest BCUT2D eigenvalue weighted by Crippen LogP contribution is -2.50. The summed E-state index contributed by atoms with van der Waals surface area (Å²) >= 11 is 0. The number of pyridine rings is 1. The third-order valence-electron chi connectivity index (χ3n) is 4.09. The molecule has 2 fully saturated rings. The Kier molecular flexibility index (Phi) is 3.02. The zero-order valence-corrected chi connectivity index (χ0v) is 10.7. The first kappa shape index (κ1) is 12.2. The molecule has 0 bridgehead atoms. The third kappa shape index (κ3) is 2.12. The Bertz CT molecular complexity index is 505. The number of fused-ring (bicyclic) bond motifs is 1. The molecule has 0 aromatic carbocycles. The van der Waals surface area contributed by atoms with Crippen LogP contribution in [0.4, 0.5) is 11.5 Å². The maximum atomic E-state index is 11.1. The highest BCUT2D eigenvalue weighted by atomic mass is 16.4. The molecule has 0 saturated carbocycles. The normalized spacial score (nSPS) is 23.4. The van der Waals surface area contributed by atoms with Crippen LogP contribution in [0.25, 0.3) is 0 Å². The first-order chi connectivity index (χ1) is 9.16. The van der Waals surface area contributed by atoms with Crippen LogP contribution in [0.3, 0.4) is 0 Å². The van der Waals surface area contributed by atoms with Crippen molar-refractivity contribution in [1.29, 1.82) is 0 Å². The Morgan fingerprint density at radius 1 is 1.42 bits per heavy atom. The number of carboxylic acids is 1. The number of nitrogens with two attached hydrogens (primary N) is 1. The minimum atomic E-state index is -0.999. The number of anilines is 2. The highest BCUT2D eigenvalue weighted by molar-refractivity contribution is 5.96. The van der Waals surface area contributed by atoms with E-state index < -0.39 is 5.97 Å². The monoisotopic (exact) mass is 262 g/mol. The van der Waals surface area contributed by atoms with Gasteiger partial charge in [0.1, 0.15) is 0 Å². The van der Waals surface area contributed by atoms with Crippen molar-refractivity contribution >= 4 is 17.5 Å². The fraction of sp³-hybridized carbons (Fsp3) is 0.538. The molecule has 2 aliphatic heterocycles. The van der Waals surface area contributed by atoms with Gasteiger partial charge in [-0.05, 0) is 25.5 Å². The van der Waals surface area contributed by atoms with Crippen molar-refractivity contribution in [3.05, 3.63) is 17.8 Å². The highest BCUT2D eigenvalue weighted by Crippen LogP contribution is 2.29. The summed E-state index contributed by atoms with van der Waals surface area (Å²) in [4.78, 5) is 20.0. The van der Waals surface area contributed by atoms with Crippen LogP contribution in [0.2, 0.25) is 0 Å². The molecule has 0 spiro atoms. The van der Waals surface area contributed by atoms with Crippen molar-refractivity contribution in [2.75, 3.05) is 36.8 Å². The second kappa shape index (κ2) is 4.70. The average molecular weight is 262 g/mol. The summed E-state index contributed by atoms with van der Waals surface area (Å²) in [5.41, 5.74) is 6.37. The van der Waals surface area contributed by atoms with Gasteiger partial charge in [-0.1, -0.05) is 0 Å². The summed E-state index contributed by atoms with van der Waals surface area (Å²) in [5, 5.41) is 9.10. The van der Waals surface area contributed by atoms with Crippen LogP contribution in [0.15, 0.2) is 12.3 Å². The summed E-state index contributed by atoms with van der Waals surface area (Å²) < 4.78 is 0. The van der Waals surface area contributed by atoms with Crippen LogP contribution >= 0.6 is 0 Å². The molecule has 1 unspecified atom stereocenters. The van der Waals surface area contributed by atoms with Gasteiger partial charge < -0.3 is 15.7 Å². The molecule has 1 aromatic rings. The van der Waals surface area contributed by atoms with Crippen LogP contribution in [-0.4, -0.2) is 53.2 Å². The molecule has 2 saturated heterocycles. The van der Waals surface area contributed by atoms with Gasteiger partial charge in [-0.3, -0.25) is 4.90 Å². The van der Waals surface area contributed by atoms with E-state index in [0.29, 0.717) is 11.9 Å². The van der Waals surface area contributed by atoms with Crippen LogP contribution in [-0.2, 0) is 0 Å². The Morgan fingerprint density at radius 2 is 2.26 bits per heavy atom. The molecule has 6 nitrogen and oxygen atoms in total. The smallest absolute Gasteiger partial charge is 0.337 e. The van der Waals surface area contributed by atoms with E-state index in [1.807, 2.05) is 0 Å². The molecule has 1 atom stereocenters. The summed E-state index contributed by atoms with van der Waals surface area (Å²) in [6.07, 6.45) is 3.97. The topological polar surface area (TPSA) is 82.7 Å². The summed E-state index contributed by atoms with van der Waals surface area (Å²) in [6.45, 7) is 3.93. The van der Waals surface area contributed by atoms with E-state index in [9.17, 15) is 4.79 Å². The molecule has 19 heavy (non-hydrogen) atoms. The third-order valence-corrected chi connectivity index (χ3v) is 4.09. The van der Waals surface area contributed by atoms with Crippen molar-refractivity contribution < 1.29 is 9.90 Å². The number of hydrogen-bond acceptors (Lipinski definition) is 5. The van der Waals surface area contributed by atoms with Gasteiger partial charge in [0.05, 0.1) is 11.3 Å². The Hall–Kier alpha value is -1.82. The van der Waals surface area contributed by atoms with Crippen molar-refractivity contribution in [1.82, 2.24) is 9.88 Å². The zero-order chi connectivity index (χ0) is 13.4. The summed E-state index contributed by atoms with van der Waals surface area (Å²) in [5.74, 6) is -0.382. The molecular weight excluding hydrogens is 244 g/mol. The van der Waals surface area contributed by atoms with Gasteiger partial charge in [0.25, 0.3) is 0 Å². The van der Waals surface area contributed by atoms with Crippen molar-refractivity contribution in [3.8, 4) is 0 Å². The van der Waals surface area contributed by atoms with Gasteiger partial charge in [-0.25, -0.2) is 9.78 Å². The fourth-order valence-electron chi connectivity index (χ4n) is 3.08. The number of nitrogens with zero attached hydrogens (tertiary/aromatic N) is 3. The molecule has 1 aromatic heterocycles. The molecule has 102 valence electrons. The highest BCUT2D eigenvalue weighted by Gasteiger charge is 2.32. The molecule has 3 rings (SSSR count). The number of nitrogen functional groups attached to an aromatic ring is 1. The molecule has 3 heterocycles. The van der Waals surface area contributed by atoms with E-state index in [4.69, 9.17) is 10.8 Å². The largest absolute Gasteiger partial charge is 0.478 e. The standard InChI is InChI=1S/C13H18N4O2/c14-11-10(13(18)19)3-4-15-12(11)17-7-6-16-5-1-2-9(16)8-17/h3-4,9H,1-2,5-8,14H2,(H,18,19). The van der Waals surface area contributed by atoms with Crippen molar-refractivity contribution in [2.24, 2.45) is 0 Å². The summed E-state index contributed by atoms with van der Waals surface area (Å²) in [7, 11) is 0. The van der Waals surface area contributed by atoms with Gasteiger partial charge in [0, 0.05) is 31.9 Å². The molecular formula is C13H18N4O2. The Balaban J connectivity index is 1.86. The van der Waals surface area contributed by atoms with E-state index in [1.54, 1.807) is 0 Å². The van der Waals surface area contributed by atoms with Crippen LogP contribution in [0.5, 0.6) is 0 Å². The SMILES string of the molecule is Nc1c(C(=O)O)ccnc1N1CCN2CCCC2C1. The number of carboxylic acid groups (broad SMARTS) is 1. The quantitative estimate of drug-likeness (QED) is 0.814. The lowest BCUT2D eigenvalue weighted by atomic mass is 10.1. The minimum absolute atomic E-state index is 0.138.